The van der Waals surface area contributed by atoms with Gasteiger partial charge >= 0.3 is 6.18 Å². The molecule has 2 heterocycles. The van der Waals surface area contributed by atoms with E-state index in [9.17, 15) is 13.2 Å². The quantitative estimate of drug-likeness (QED) is 0.903. The number of aryl methyl sites for hydroxylation is 1. The number of nitrogens with zero attached hydrogens (tertiary/aromatic N) is 2. The first kappa shape index (κ1) is 12.7. The van der Waals surface area contributed by atoms with E-state index in [0.717, 1.165) is 11.5 Å². The molecule has 2 atom stereocenters. The van der Waals surface area contributed by atoms with Crippen molar-refractivity contribution in [1.82, 2.24) is 10.1 Å². The van der Waals surface area contributed by atoms with Crippen molar-refractivity contribution in [2.45, 2.75) is 31.0 Å². The van der Waals surface area contributed by atoms with Gasteiger partial charge in [0.2, 0.25) is 5.89 Å². The Kier molecular flexibility index (Phi) is 3.62. The van der Waals surface area contributed by atoms with E-state index < -0.39 is 12.6 Å². The zero-order chi connectivity index (χ0) is 12.5. The van der Waals surface area contributed by atoms with Gasteiger partial charge in [-0.25, -0.2) is 0 Å². The fraction of sp³-hybridized carbons (Fsp3) is 0.778. The molecule has 0 bridgehead atoms. The van der Waals surface area contributed by atoms with Gasteiger partial charge in [-0.15, -0.1) is 0 Å². The first-order valence-corrected chi connectivity index (χ1v) is 6.34. The smallest absolute Gasteiger partial charge is 0.339 e. The fourth-order valence-electron chi connectivity index (χ4n) is 1.60. The predicted molar refractivity (Wildman–Crippen MR) is 56.7 cm³/mol. The molecule has 2 unspecified atom stereocenters. The van der Waals surface area contributed by atoms with Crippen LogP contribution in [0.4, 0.5) is 13.2 Å². The molecule has 8 heteroatoms. The minimum absolute atomic E-state index is 0.0351. The van der Waals surface area contributed by atoms with E-state index in [0.29, 0.717) is 5.89 Å². The second kappa shape index (κ2) is 4.85. The van der Waals surface area contributed by atoms with Crippen LogP contribution in [0.5, 0.6) is 0 Å². The Hall–Kier alpha value is -0.760. The minimum Gasteiger partial charge on any atom is -0.339 e. The highest BCUT2D eigenvalue weighted by Crippen LogP contribution is 2.31. The van der Waals surface area contributed by atoms with Crippen LogP contribution in [0.3, 0.4) is 0 Å². The van der Waals surface area contributed by atoms with Crippen LogP contribution in [0.15, 0.2) is 4.52 Å². The van der Waals surface area contributed by atoms with Gasteiger partial charge in [-0.2, -0.15) is 29.9 Å². The number of nitrogens with two attached hydrogens (primary N) is 1. The lowest BCUT2D eigenvalue weighted by molar-refractivity contribution is -0.134. The summed E-state index contributed by atoms with van der Waals surface area (Å²) in [6.07, 6.45) is -5.38. The molecule has 1 aliphatic heterocycles. The molecular weight excluding hydrogens is 255 g/mol. The average Bonchev–Trinajstić information content (AvgIpc) is 2.81. The molecule has 17 heavy (non-hydrogen) atoms. The van der Waals surface area contributed by atoms with Crippen molar-refractivity contribution in [3.05, 3.63) is 11.7 Å². The molecule has 0 saturated carbocycles. The second-order valence-electron chi connectivity index (χ2n) is 3.97. The zero-order valence-corrected chi connectivity index (χ0v) is 9.72. The van der Waals surface area contributed by atoms with Crippen molar-refractivity contribution in [2.24, 2.45) is 5.73 Å². The Bertz CT molecular complexity index is 382. The van der Waals surface area contributed by atoms with Crippen LogP contribution in [-0.2, 0) is 6.42 Å². The van der Waals surface area contributed by atoms with E-state index in [4.69, 9.17) is 10.3 Å². The maximum Gasteiger partial charge on any atom is 0.389 e. The molecule has 1 saturated heterocycles. The maximum atomic E-state index is 12.0. The van der Waals surface area contributed by atoms with Gasteiger partial charge in [-0.3, -0.25) is 0 Å². The first-order valence-electron chi connectivity index (χ1n) is 5.18. The Morgan fingerprint density at radius 1 is 1.41 bits per heavy atom. The van der Waals surface area contributed by atoms with E-state index in [-0.39, 0.29) is 24.2 Å². The summed E-state index contributed by atoms with van der Waals surface area (Å²) in [6.45, 7) is 0. The second-order valence-corrected chi connectivity index (χ2v) is 5.05. The van der Waals surface area contributed by atoms with Gasteiger partial charge in [0.15, 0.2) is 5.82 Å². The Morgan fingerprint density at radius 2 is 2.18 bits per heavy atom. The highest BCUT2D eigenvalue weighted by atomic mass is 32.2. The molecule has 0 aliphatic carbocycles. The van der Waals surface area contributed by atoms with Crippen LogP contribution in [0.2, 0.25) is 0 Å². The summed E-state index contributed by atoms with van der Waals surface area (Å²) in [6, 6.07) is -0.0593. The van der Waals surface area contributed by atoms with Gasteiger partial charge in [-0.1, -0.05) is 5.16 Å². The topological polar surface area (TPSA) is 64.9 Å². The molecule has 0 spiro atoms. The third kappa shape index (κ3) is 3.35. The van der Waals surface area contributed by atoms with Crippen molar-refractivity contribution in [3.63, 3.8) is 0 Å². The third-order valence-electron chi connectivity index (χ3n) is 2.56. The third-order valence-corrected chi connectivity index (χ3v) is 3.77. The highest BCUT2D eigenvalue weighted by molar-refractivity contribution is 7.99. The molecule has 0 amide bonds. The molecular formula is C9H12F3N3OS. The van der Waals surface area contributed by atoms with Crippen LogP contribution in [0.1, 0.15) is 24.1 Å². The average molecular weight is 267 g/mol. The Balaban J connectivity index is 1.96. The van der Waals surface area contributed by atoms with Crippen LogP contribution >= 0.6 is 11.8 Å². The number of thioether (sulfide) groups is 1. The molecule has 1 aliphatic rings. The Labute approximate surface area is 100 Å². The van der Waals surface area contributed by atoms with Gasteiger partial charge < -0.3 is 10.3 Å². The fourth-order valence-corrected chi connectivity index (χ4v) is 2.88. The van der Waals surface area contributed by atoms with Crippen molar-refractivity contribution in [1.29, 1.82) is 0 Å². The predicted octanol–water partition coefficient (Wildman–Crippen LogP) is 1.72. The van der Waals surface area contributed by atoms with Crippen LogP contribution in [-0.4, -0.2) is 33.9 Å². The number of aromatic nitrogens is 2. The molecule has 96 valence electrons. The molecule has 2 N–H and O–H groups in total. The van der Waals surface area contributed by atoms with Gasteiger partial charge in [0.05, 0.1) is 12.3 Å². The molecule has 2 rings (SSSR count). The van der Waals surface area contributed by atoms with Crippen molar-refractivity contribution in [3.8, 4) is 0 Å². The lowest BCUT2D eigenvalue weighted by atomic mass is 10.1. The molecule has 1 aromatic rings. The number of hydrogen-bond acceptors (Lipinski definition) is 5. The van der Waals surface area contributed by atoms with Crippen molar-refractivity contribution >= 4 is 11.8 Å². The van der Waals surface area contributed by atoms with Crippen molar-refractivity contribution in [2.75, 3.05) is 11.5 Å². The zero-order valence-electron chi connectivity index (χ0n) is 8.91. The number of halogens is 3. The highest BCUT2D eigenvalue weighted by Gasteiger charge is 2.32. The summed E-state index contributed by atoms with van der Waals surface area (Å²) in [5, 5.41) is 3.55. The standard InChI is InChI=1S/C9H12F3N3OS/c10-9(11,12)2-1-7-14-8(16-15-7)5-3-17-4-6(5)13/h5-6H,1-4,13H2. The monoisotopic (exact) mass is 267 g/mol. The number of hydrogen-bond donors (Lipinski definition) is 1. The SMILES string of the molecule is NC1CSCC1c1nc(CCC(F)(F)F)no1. The lowest BCUT2D eigenvalue weighted by Crippen LogP contribution is -2.26. The lowest BCUT2D eigenvalue weighted by Gasteiger charge is -2.07. The summed E-state index contributed by atoms with van der Waals surface area (Å²) < 4.78 is 41.0. The number of rotatable bonds is 3. The van der Waals surface area contributed by atoms with Crippen molar-refractivity contribution < 1.29 is 17.7 Å². The van der Waals surface area contributed by atoms with Gasteiger partial charge in [0.1, 0.15) is 0 Å². The summed E-state index contributed by atoms with van der Waals surface area (Å²) in [4.78, 5) is 3.97. The Morgan fingerprint density at radius 3 is 2.76 bits per heavy atom. The van der Waals surface area contributed by atoms with E-state index in [1.165, 1.54) is 0 Å². The normalized spacial score (nSPS) is 25.4. The molecule has 0 radical (unpaired) electrons. The minimum atomic E-state index is -4.19. The summed E-state index contributed by atoms with van der Waals surface area (Å²) in [7, 11) is 0. The van der Waals surface area contributed by atoms with E-state index >= 15 is 0 Å². The summed E-state index contributed by atoms with van der Waals surface area (Å²) >= 11 is 1.68. The molecule has 4 nitrogen and oxygen atoms in total. The largest absolute Gasteiger partial charge is 0.389 e. The van der Waals surface area contributed by atoms with Gasteiger partial charge in [0, 0.05) is 24.0 Å². The summed E-state index contributed by atoms with van der Waals surface area (Å²) in [5.41, 5.74) is 5.83. The maximum absolute atomic E-state index is 12.0. The summed E-state index contributed by atoms with van der Waals surface area (Å²) in [5.74, 6) is 2.01. The number of alkyl halides is 3. The van der Waals surface area contributed by atoms with E-state index in [2.05, 4.69) is 10.1 Å². The van der Waals surface area contributed by atoms with Gasteiger partial charge in [-0.05, 0) is 0 Å². The van der Waals surface area contributed by atoms with Gasteiger partial charge in [0.25, 0.3) is 0 Å². The molecule has 0 aromatic carbocycles. The van der Waals surface area contributed by atoms with Crippen LogP contribution in [0.25, 0.3) is 0 Å². The van der Waals surface area contributed by atoms with Crippen LogP contribution < -0.4 is 5.73 Å². The van der Waals surface area contributed by atoms with E-state index in [1.807, 2.05) is 0 Å². The first-order chi connectivity index (χ1) is 7.96. The van der Waals surface area contributed by atoms with Crippen LogP contribution in [0, 0.1) is 0 Å². The molecule has 1 fully saturated rings. The van der Waals surface area contributed by atoms with E-state index in [1.54, 1.807) is 11.8 Å². The molecule has 1 aromatic heterocycles.